The van der Waals surface area contributed by atoms with Gasteiger partial charge in [-0.05, 0) is 49.5 Å². The maximum atomic E-state index is 5.16. The molecule has 1 aliphatic heterocycles. The first-order valence-corrected chi connectivity index (χ1v) is 7.75. The van der Waals surface area contributed by atoms with Crippen LogP contribution < -0.4 is 15.5 Å². The van der Waals surface area contributed by atoms with Crippen molar-refractivity contribution in [1.29, 1.82) is 0 Å². The summed E-state index contributed by atoms with van der Waals surface area (Å²) in [5.41, 5.74) is 0.929. The lowest BCUT2D eigenvalue weighted by Gasteiger charge is -2.35. The molecular weight excluding hydrogens is 268 g/mol. The van der Waals surface area contributed by atoms with Crippen molar-refractivity contribution >= 4 is 28.8 Å². The third-order valence-corrected chi connectivity index (χ3v) is 3.78. The molecular formula is C15H24N4S. The summed E-state index contributed by atoms with van der Waals surface area (Å²) < 4.78 is 0. The van der Waals surface area contributed by atoms with Crippen LogP contribution in [0.3, 0.4) is 0 Å². The van der Waals surface area contributed by atoms with Gasteiger partial charge in [0.1, 0.15) is 5.82 Å². The predicted octanol–water partition coefficient (Wildman–Crippen LogP) is 2.87. The fourth-order valence-corrected chi connectivity index (χ4v) is 3.10. The molecule has 20 heavy (non-hydrogen) atoms. The van der Waals surface area contributed by atoms with Crippen LogP contribution in [0.5, 0.6) is 0 Å². The molecule has 2 atom stereocenters. The van der Waals surface area contributed by atoms with Crippen molar-refractivity contribution in [3.63, 3.8) is 0 Å². The first kappa shape index (κ1) is 15.0. The monoisotopic (exact) mass is 292 g/mol. The second-order valence-corrected chi connectivity index (χ2v) is 6.15. The van der Waals surface area contributed by atoms with E-state index in [0.29, 0.717) is 5.11 Å². The van der Waals surface area contributed by atoms with Gasteiger partial charge in [0.05, 0.1) is 11.9 Å². The van der Waals surface area contributed by atoms with Crippen molar-refractivity contribution in [2.75, 3.05) is 29.9 Å². The zero-order valence-electron chi connectivity index (χ0n) is 12.5. The minimum atomic E-state index is 0.641. The number of aromatic nitrogens is 1. The van der Waals surface area contributed by atoms with Crippen molar-refractivity contribution in [1.82, 2.24) is 10.3 Å². The maximum absolute atomic E-state index is 5.16. The standard InChI is InChI=1S/C15H24N4S/c1-4-16-15(20)18-13-5-6-14(17-8-13)19-9-11(2)7-12(3)10-19/h5-6,8,11-12H,4,7,9-10H2,1-3H3,(H2,16,18,20). The molecule has 2 unspecified atom stereocenters. The lowest BCUT2D eigenvalue weighted by atomic mass is 9.92. The zero-order valence-corrected chi connectivity index (χ0v) is 13.3. The third-order valence-electron chi connectivity index (χ3n) is 3.54. The Kier molecular flexibility index (Phi) is 5.17. The fraction of sp³-hybridized carbons (Fsp3) is 0.600. The van der Waals surface area contributed by atoms with Gasteiger partial charge in [-0.1, -0.05) is 13.8 Å². The van der Waals surface area contributed by atoms with Gasteiger partial charge in [-0.15, -0.1) is 0 Å². The topological polar surface area (TPSA) is 40.2 Å². The Balaban J connectivity index is 1.99. The SMILES string of the molecule is CCNC(=S)Nc1ccc(N2CC(C)CC(C)C2)nc1. The van der Waals surface area contributed by atoms with E-state index in [-0.39, 0.29) is 0 Å². The van der Waals surface area contributed by atoms with Gasteiger partial charge in [0.25, 0.3) is 0 Å². The number of pyridine rings is 1. The first-order chi connectivity index (χ1) is 9.58. The second-order valence-electron chi connectivity index (χ2n) is 5.74. The van der Waals surface area contributed by atoms with Gasteiger partial charge < -0.3 is 15.5 Å². The highest BCUT2D eigenvalue weighted by molar-refractivity contribution is 7.80. The normalized spacial score (nSPS) is 22.4. The van der Waals surface area contributed by atoms with Crippen LogP contribution in [0.15, 0.2) is 18.3 Å². The third kappa shape index (κ3) is 4.07. The largest absolute Gasteiger partial charge is 0.363 e. The molecule has 1 saturated heterocycles. The zero-order chi connectivity index (χ0) is 14.5. The number of hydrogen-bond acceptors (Lipinski definition) is 3. The van der Waals surface area contributed by atoms with Crippen LogP contribution >= 0.6 is 12.2 Å². The number of nitrogens with one attached hydrogen (secondary N) is 2. The summed E-state index contributed by atoms with van der Waals surface area (Å²) >= 11 is 5.16. The number of thiocarbonyl (C=S) groups is 1. The Morgan fingerprint density at radius 3 is 2.60 bits per heavy atom. The van der Waals surface area contributed by atoms with Gasteiger partial charge in [0.15, 0.2) is 5.11 Å². The van der Waals surface area contributed by atoms with Crippen LogP contribution in [0.2, 0.25) is 0 Å². The van der Waals surface area contributed by atoms with Gasteiger partial charge in [-0.25, -0.2) is 4.98 Å². The summed E-state index contributed by atoms with van der Waals surface area (Å²) in [4.78, 5) is 6.94. The van der Waals surface area contributed by atoms with E-state index in [4.69, 9.17) is 12.2 Å². The Bertz CT molecular complexity index is 436. The molecule has 4 nitrogen and oxygen atoms in total. The average molecular weight is 292 g/mol. The van der Waals surface area contributed by atoms with E-state index in [1.165, 1.54) is 6.42 Å². The molecule has 0 aromatic carbocycles. The maximum Gasteiger partial charge on any atom is 0.170 e. The van der Waals surface area contributed by atoms with Gasteiger partial charge in [0, 0.05) is 19.6 Å². The van der Waals surface area contributed by atoms with E-state index in [1.807, 2.05) is 19.2 Å². The Morgan fingerprint density at radius 1 is 1.35 bits per heavy atom. The summed E-state index contributed by atoms with van der Waals surface area (Å²) in [6, 6.07) is 4.11. The molecule has 5 heteroatoms. The Morgan fingerprint density at radius 2 is 2.05 bits per heavy atom. The van der Waals surface area contributed by atoms with Crippen LogP contribution in [0.1, 0.15) is 27.2 Å². The van der Waals surface area contributed by atoms with Gasteiger partial charge in [-0.2, -0.15) is 0 Å². The Hall–Kier alpha value is -1.36. The summed E-state index contributed by atoms with van der Waals surface area (Å²) in [5.74, 6) is 2.53. The quantitative estimate of drug-likeness (QED) is 0.838. The Labute approximate surface area is 127 Å². The molecule has 2 heterocycles. The lowest BCUT2D eigenvalue weighted by Crippen LogP contribution is -2.39. The van der Waals surface area contributed by atoms with Crippen molar-refractivity contribution in [2.45, 2.75) is 27.2 Å². The van der Waals surface area contributed by atoms with Crippen molar-refractivity contribution in [3.8, 4) is 0 Å². The van der Waals surface area contributed by atoms with Crippen LogP contribution in [0.25, 0.3) is 0 Å². The van der Waals surface area contributed by atoms with E-state index in [2.05, 4.69) is 40.4 Å². The fourth-order valence-electron chi connectivity index (χ4n) is 2.83. The molecule has 2 N–H and O–H groups in total. The van der Waals surface area contributed by atoms with Crippen molar-refractivity contribution in [2.24, 2.45) is 11.8 Å². The van der Waals surface area contributed by atoms with Crippen LogP contribution in [-0.2, 0) is 0 Å². The molecule has 0 amide bonds. The van der Waals surface area contributed by atoms with Crippen molar-refractivity contribution < 1.29 is 0 Å². The van der Waals surface area contributed by atoms with Gasteiger partial charge in [0.2, 0.25) is 0 Å². The molecule has 0 saturated carbocycles. The van der Waals surface area contributed by atoms with E-state index in [1.54, 1.807) is 0 Å². The minimum Gasteiger partial charge on any atom is -0.363 e. The van der Waals surface area contributed by atoms with E-state index < -0.39 is 0 Å². The molecule has 0 spiro atoms. The predicted molar refractivity (Wildman–Crippen MR) is 89.3 cm³/mol. The molecule has 1 fully saturated rings. The highest BCUT2D eigenvalue weighted by Gasteiger charge is 2.22. The highest BCUT2D eigenvalue weighted by atomic mass is 32.1. The van der Waals surface area contributed by atoms with Crippen LogP contribution in [0, 0.1) is 11.8 Å². The molecule has 2 rings (SSSR count). The lowest BCUT2D eigenvalue weighted by molar-refractivity contribution is 0.355. The average Bonchev–Trinajstić information content (AvgIpc) is 2.38. The van der Waals surface area contributed by atoms with Gasteiger partial charge >= 0.3 is 0 Å². The summed E-state index contributed by atoms with van der Waals surface area (Å²) in [7, 11) is 0. The molecule has 0 radical (unpaired) electrons. The molecule has 0 bridgehead atoms. The number of hydrogen-bond donors (Lipinski definition) is 2. The molecule has 0 aliphatic carbocycles. The number of piperidine rings is 1. The van der Waals surface area contributed by atoms with E-state index in [9.17, 15) is 0 Å². The number of anilines is 2. The first-order valence-electron chi connectivity index (χ1n) is 7.34. The van der Waals surface area contributed by atoms with Crippen LogP contribution in [-0.4, -0.2) is 29.7 Å². The number of rotatable bonds is 3. The molecule has 1 aromatic rings. The molecule has 1 aliphatic rings. The summed E-state index contributed by atoms with van der Waals surface area (Å²) in [6.07, 6.45) is 3.16. The van der Waals surface area contributed by atoms with Crippen molar-refractivity contribution in [3.05, 3.63) is 18.3 Å². The summed E-state index contributed by atoms with van der Waals surface area (Å²) in [5, 5.41) is 6.84. The summed E-state index contributed by atoms with van der Waals surface area (Å²) in [6.45, 7) is 9.66. The smallest absolute Gasteiger partial charge is 0.170 e. The molecule has 1 aromatic heterocycles. The number of nitrogens with zero attached hydrogens (tertiary/aromatic N) is 2. The van der Waals surface area contributed by atoms with E-state index >= 15 is 0 Å². The van der Waals surface area contributed by atoms with Gasteiger partial charge in [-0.3, -0.25) is 0 Å². The highest BCUT2D eigenvalue weighted by Crippen LogP contribution is 2.25. The second kappa shape index (κ2) is 6.88. The molecule has 110 valence electrons. The van der Waals surface area contributed by atoms with E-state index in [0.717, 1.165) is 43.0 Å². The minimum absolute atomic E-state index is 0.641. The van der Waals surface area contributed by atoms with Crippen LogP contribution in [0.4, 0.5) is 11.5 Å².